The van der Waals surface area contributed by atoms with Gasteiger partial charge in [0.2, 0.25) is 10.0 Å². The molecule has 0 bridgehead atoms. The first-order valence-corrected chi connectivity index (χ1v) is 8.30. The van der Waals surface area contributed by atoms with E-state index in [1.54, 1.807) is 17.5 Å². The van der Waals surface area contributed by atoms with Gasteiger partial charge in [-0.2, -0.15) is 0 Å². The Kier molecular flexibility index (Phi) is 4.43. The molecule has 8 heteroatoms. The second-order valence-electron chi connectivity index (χ2n) is 4.65. The summed E-state index contributed by atoms with van der Waals surface area (Å²) in [5.74, 6) is -2.37. The monoisotopic (exact) mass is 333 g/mol. The Morgan fingerprint density at radius 2 is 2.00 bits per heavy atom. The third kappa shape index (κ3) is 3.65. The zero-order valence-electron chi connectivity index (χ0n) is 11.0. The van der Waals surface area contributed by atoms with Gasteiger partial charge < -0.3 is 5.11 Å². The quantitative estimate of drug-likeness (QED) is 0.882. The molecule has 2 N–H and O–H groups in total. The summed E-state index contributed by atoms with van der Waals surface area (Å²) in [6, 6.07) is 5.70. The summed E-state index contributed by atoms with van der Waals surface area (Å²) in [6.07, 6.45) is 0. The molecule has 0 saturated carbocycles. The van der Waals surface area contributed by atoms with Gasteiger partial charge in [0.05, 0.1) is 4.90 Å². The first kappa shape index (κ1) is 16.0. The van der Waals surface area contributed by atoms with E-state index in [9.17, 15) is 22.3 Å². The third-order valence-corrected chi connectivity index (χ3v) is 5.38. The van der Waals surface area contributed by atoms with Crippen molar-refractivity contribution in [2.24, 2.45) is 0 Å². The molecule has 21 heavy (non-hydrogen) atoms. The highest BCUT2D eigenvalue weighted by Gasteiger charge is 2.27. The molecule has 2 rings (SSSR count). The van der Waals surface area contributed by atoms with Crippen LogP contribution in [0.1, 0.15) is 11.8 Å². The molecular weight excluding hydrogens is 320 g/mol. The van der Waals surface area contributed by atoms with Gasteiger partial charge in [0, 0.05) is 11.4 Å². The first-order valence-electron chi connectivity index (χ1n) is 5.93. The van der Waals surface area contributed by atoms with E-state index in [4.69, 9.17) is 0 Å². The Bertz CT molecular complexity index is 728. The van der Waals surface area contributed by atoms with Crippen molar-refractivity contribution < 1.29 is 22.3 Å². The maximum atomic E-state index is 13.1. The molecule has 0 aliphatic carbocycles. The second-order valence-corrected chi connectivity index (χ2v) is 7.37. The van der Waals surface area contributed by atoms with Crippen LogP contribution >= 0.6 is 11.3 Å². The topological polar surface area (TPSA) is 66.4 Å². The zero-order chi connectivity index (χ0) is 15.7. The van der Waals surface area contributed by atoms with E-state index >= 15 is 0 Å². The summed E-state index contributed by atoms with van der Waals surface area (Å²) in [7, 11) is -4.04. The van der Waals surface area contributed by atoms with E-state index in [0.717, 1.165) is 12.1 Å². The summed E-state index contributed by atoms with van der Waals surface area (Å²) in [4.78, 5) is 0.193. The molecule has 1 unspecified atom stereocenters. The number of benzene rings is 1. The highest BCUT2D eigenvalue weighted by molar-refractivity contribution is 7.89. The highest BCUT2D eigenvalue weighted by atomic mass is 32.2. The molecule has 2 aromatic rings. The fourth-order valence-electron chi connectivity index (χ4n) is 1.64. The van der Waals surface area contributed by atoms with E-state index < -0.39 is 32.2 Å². The molecule has 1 aromatic carbocycles. The largest absolute Gasteiger partial charge is 0.383 e. The Labute approximate surface area is 125 Å². The fourth-order valence-corrected chi connectivity index (χ4v) is 3.57. The Balaban J connectivity index is 2.16. The minimum atomic E-state index is -4.04. The van der Waals surface area contributed by atoms with E-state index in [-0.39, 0.29) is 6.54 Å². The summed E-state index contributed by atoms with van der Waals surface area (Å²) in [6.45, 7) is 1.18. The van der Waals surface area contributed by atoms with E-state index in [0.29, 0.717) is 10.9 Å². The summed E-state index contributed by atoms with van der Waals surface area (Å²) in [5, 5.41) is 12.0. The lowest BCUT2D eigenvalue weighted by molar-refractivity contribution is 0.0666. The number of thiophene rings is 1. The van der Waals surface area contributed by atoms with E-state index in [1.807, 2.05) is 0 Å². The van der Waals surface area contributed by atoms with Crippen LogP contribution in [0.3, 0.4) is 0 Å². The van der Waals surface area contributed by atoms with Crippen molar-refractivity contribution in [1.29, 1.82) is 0 Å². The van der Waals surface area contributed by atoms with Crippen LogP contribution in [0.25, 0.3) is 0 Å². The number of nitrogens with one attached hydrogen (secondary N) is 1. The molecule has 0 fully saturated rings. The van der Waals surface area contributed by atoms with Crippen molar-refractivity contribution in [1.82, 2.24) is 4.72 Å². The van der Waals surface area contributed by atoms with E-state index in [2.05, 4.69) is 4.72 Å². The molecule has 0 spiro atoms. The zero-order valence-corrected chi connectivity index (χ0v) is 12.6. The van der Waals surface area contributed by atoms with Gasteiger partial charge in [-0.15, -0.1) is 11.3 Å². The first-order chi connectivity index (χ1) is 9.72. The van der Waals surface area contributed by atoms with Crippen molar-refractivity contribution in [2.75, 3.05) is 6.54 Å². The van der Waals surface area contributed by atoms with Gasteiger partial charge in [0.1, 0.15) is 5.60 Å². The third-order valence-electron chi connectivity index (χ3n) is 2.86. The number of sulfonamides is 1. The number of hydrogen-bond acceptors (Lipinski definition) is 4. The normalized spacial score (nSPS) is 14.9. The minimum absolute atomic E-state index is 0.283. The molecular formula is C13H13F2NO3S2. The van der Waals surface area contributed by atoms with Gasteiger partial charge in [-0.3, -0.25) is 0 Å². The predicted octanol–water partition coefficient (Wildman–Crippen LogP) is 2.21. The number of aliphatic hydroxyl groups is 1. The van der Waals surface area contributed by atoms with Crippen LogP contribution in [-0.4, -0.2) is 20.1 Å². The van der Waals surface area contributed by atoms with Crippen LogP contribution in [0.15, 0.2) is 40.6 Å². The molecule has 0 amide bonds. The Morgan fingerprint density at radius 1 is 1.29 bits per heavy atom. The van der Waals surface area contributed by atoms with Crippen molar-refractivity contribution >= 4 is 21.4 Å². The van der Waals surface area contributed by atoms with Crippen LogP contribution in [0.2, 0.25) is 0 Å². The van der Waals surface area contributed by atoms with Crippen molar-refractivity contribution in [2.45, 2.75) is 17.4 Å². The number of hydrogen-bond donors (Lipinski definition) is 2. The summed E-state index contributed by atoms with van der Waals surface area (Å²) in [5.41, 5.74) is -1.39. The summed E-state index contributed by atoms with van der Waals surface area (Å²) < 4.78 is 52.1. The maximum Gasteiger partial charge on any atom is 0.240 e. The van der Waals surface area contributed by atoms with Crippen molar-refractivity contribution in [3.63, 3.8) is 0 Å². The standard InChI is InChI=1S/C13H13F2NO3S2/c1-13(17,12-3-2-6-20-12)8-16-21(18,19)9-4-5-10(14)11(15)7-9/h2-7,16-17H,8H2,1H3. The smallest absolute Gasteiger partial charge is 0.240 e. The molecule has 114 valence electrons. The molecule has 1 aromatic heterocycles. The van der Waals surface area contributed by atoms with Gasteiger partial charge in [-0.25, -0.2) is 21.9 Å². The number of halogens is 2. The highest BCUT2D eigenvalue weighted by Crippen LogP contribution is 2.25. The average Bonchev–Trinajstić information content (AvgIpc) is 2.94. The van der Waals surface area contributed by atoms with E-state index in [1.165, 1.54) is 18.3 Å². The molecule has 1 atom stereocenters. The van der Waals surface area contributed by atoms with Gasteiger partial charge in [-0.1, -0.05) is 6.07 Å². The fraction of sp³-hybridized carbons (Fsp3) is 0.231. The van der Waals surface area contributed by atoms with Gasteiger partial charge in [0.25, 0.3) is 0 Å². The Morgan fingerprint density at radius 3 is 2.57 bits per heavy atom. The maximum absolute atomic E-state index is 13.1. The van der Waals surface area contributed by atoms with Crippen LogP contribution in [0.5, 0.6) is 0 Å². The lowest BCUT2D eigenvalue weighted by Gasteiger charge is -2.22. The minimum Gasteiger partial charge on any atom is -0.383 e. The number of rotatable bonds is 5. The predicted molar refractivity (Wildman–Crippen MR) is 75.4 cm³/mol. The lowest BCUT2D eigenvalue weighted by atomic mass is 10.1. The van der Waals surface area contributed by atoms with Crippen molar-refractivity contribution in [3.05, 3.63) is 52.2 Å². The molecule has 0 aliphatic rings. The molecule has 0 radical (unpaired) electrons. The molecule has 0 aliphatic heterocycles. The van der Waals surface area contributed by atoms with Crippen LogP contribution in [0, 0.1) is 11.6 Å². The van der Waals surface area contributed by atoms with Crippen LogP contribution in [-0.2, 0) is 15.6 Å². The Hall–Kier alpha value is -1.35. The average molecular weight is 333 g/mol. The molecule has 1 heterocycles. The summed E-state index contributed by atoms with van der Waals surface area (Å²) >= 11 is 1.29. The second kappa shape index (κ2) is 5.80. The van der Waals surface area contributed by atoms with Gasteiger partial charge in [0.15, 0.2) is 11.6 Å². The SMILES string of the molecule is CC(O)(CNS(=O)(=O)c1ccc(F)c(F)c1)c1cccs1. The van der Waals surface area contributed by atoms with Gasteiger partial charge >= 0.3 is 0 Å². The molecule has 0 saturated heterocycles. The van der Waals surface area contributed by atoms with Gasteiger partial charge in [-0.05, 0) is 36.6 Å². The lowest BCUT2D eigenvalue weighted by Crippen LogP contribution is -2.38. The molecule has 4 nitrogen and oxygen atoms in total. The van der Waals surface area contributed by atoms with Crippen LogP contribution in [0.4, 0.5) is 8.78 Å². The van der Waals surface area contributed by atoms with Crippen molar-refractivity contribution in [3.8, 4) is 0 Å². The van der Waals surface area contributed by atoms with Crippen LogP contribution < -0.4 is 4.72 Å².